The van der Waals surface area contributed by atoms with E-state index in [9.17, 15) is 19.5 Å². The van der Waals surface area contributed by atoms with E-state index in [1.54, 1.807) is 36.6 Å². The molecule has 210 valence electrons. The number of ketones is 1. The summed E-state index contributed by atoms with van der Waals surface area (Å²) in [6.45, 7) is 13.2. The fraction of sp³-hybridized carbons (Fsp3) is 0.258. The number of aliphatic hydroxyl groups excluding tert-OH is 1. The maximum Gasteiger partial charge on any atom is 0.350 e. The molecule has 4 aromatic rings. The molecular formula is C31H30N4O5S. The molecule has 41 heavy (non-hydrogen) atoms. The van der Waals surface area contributed by atoms with Crippen LogP contribution in [0.25, 0.3) is 11.4 Å². The number of imidazole rings is 1. The number of pyridine rings is 1. The van der Waals surface area contributed by atoms with Gasteiger partial charge < -0.3 is 9.84 Å². The molecule has 0 saturated carbocycles. The number of fused-ring (bicyclic) bond motifs is 1. The second-order valence-electron chi connectivity index (χ2n) is 10.8. The zero-order chi connectivity index (χ0) is 29.6. The predicted octanol–water partition coefficient (Wildman–Crippen LogP) is 5.67. The number of benzene rings is 1. The van der Waals surface area contributed by atoms with Crippen molar-refractivity contribution in [2.45, 2.75) is 46.1 Å². The van der Waals surface area contributed by atoms with Crippen LogP contribution < -0.4 is 4.90 Å². The number of hydrogen-bond donors (Lipinski definition) is 1. The molecule has 1 atom stereocenters. The molecule has 5 rings (SSSR count). The molecule has 0 aliphatic carbocycles. The predicted molar refractivity (Wildman–Crippen MR) is 157 cm³/mol. The molecule has 1 aromatic carbocycles. The lowest BCUT2D eigenvalue weighted by atomic mass is 9.85. The minimum absolute atomic E-state index is 0.0226. The van der Waals surface area contributed by atoms with Crippen LogP contribution in [0, 0.1) is 13.8 Å². The van der Waals surface area contributed by atoms with Crippen molar-refractivity contribution in [3.63, 3.8) is 0 Å². The number of hydrogen-bond acceptors (Lipinski definition) is 8. The van der Waals surface area contributed by atoms with Crippen molar-refractivity contribution >= 4 is 45.5 Å². The van der Waals surface area contributed by atoms with E-state index in [-0.39, 0.29) is 33.4 Å². The molecule has 0 bridgehead atoms. The number of esters is 1. The molecule has 0 radical (unpaired) electrons. The number of nitrogens with zero attached hydrogens (tertiary/aromatic N) is 4. The maximum absolute atomic E-state index is 13.7. The number of aromatic nitrogens is 3. The molecule has 4 heterocycles. The average Bonchev–Trinajstić information content (AvgIpc) is 3.56. The summed E-state index contributed by atoms with van der Waals surface area (Å²) in [6.07, 6.45) is 3.19. The van der Waals surface area contributed by atoms with E-state index < -0.39 is 23.7 Å². The average molecular weight is 571 g/mol. The van der Waals surface area contributed by atoms with Gasteiger partial charge in [-0.05, 0) is 42.5 Å². The van der Waals surface area contributed by atoms with Crippen molar-refractivity contribution < 1.29 is 24.2 Å². The molecule has 9 nitrogen and oxygen atoms in total. The third kappa shape index (κ3) is 4.84. The Morgan fingerprint density at radius 2 is 1.80 bits per heavy atom. The van der Waals surface area contributed by atoms with E-state index in [1.807, 2.05) is 30.3 Å². The summed E-state index contributed by atoms with van der Waals surface area (Å²) in [5.74, 6) is -2.66. The number of Topliss-reactive ketones (excluding diaryl/α,β-unsaturated/α-hetero) is 1. The molecule has 1 unspecified atom stereocenters. The lowest BCUT2D eigenvalue weighted by Crippen LogP contribution is -2.29. The van der Waals surface area contributed by atoms with Gasteiger partial charge in [0.2, 0.25) is 0 Å². The summed E-state index contributed by atoms with van der Waals surface area (Å²) in [5.41, 5.74) is 3.22. The van der Waals surface area contributed by atoms with E-state index in [0.29, 0.717) is 28.3 Å². The third-order valence-corrected chi connectivity index (χ3v) is 8.11. The molecule has 1 aliphatic rings. The van der Waals surface area contributed by atoms with Gasteiger partial charge in [0.1, 0.15) is 22.8 Å². The number of anilines is 1. The summed E-state index contributed by atoms with van der Waals surface area (Å²) in [7, 11) is 0. The molecular weight excluding hydrogens is 540 g/mol. The van der Waals surface area contributed by atoms with Gasteiger partial charge in [0.15, 0.2) is 10.9 Å². The lowest BCUT2D eigenvalue weighted by molar-refractivity contribution is -0.132. The smallest absolute Gasteiger partial charge is 0.350 e. The van der Waals surface area contributed by atoms with Crippen molar-refractivity contribution in [2.75, 3.05) is 11.5 Å². The van der Waals surface area contributed by atoms with Crippen LogP contribution in [0.3, 0.4) is 0 Å². The largest absolute Gasteiger partial charge is 0.505 e. The zero-order valence-corrected chi connectivity index (χ0v) is 24.3. The number of aliphatic hydroxyl groups is 1. The van der Waals surface area contributed by atoms with E-state index in [1.165, 1.54) is 11.0 Å². The normalized spacial score (nSPS) is 16.9. The van der Waals surface area contributed by atoms with Gasteiger partial charge >= 0.3 is 11.9 Å². The number of carbonyl (C=O) groups is 3. The second-order valence-corrected chi connectivity index (χ2v) is 11.8. The fourth-order valence-corrected chi connectivity index (χ4v) is 5.90. The van der Waals surface area contributed by atoms with Crippen LogP contribution in [-0.2, 0) is 19.7 Å². The van der Waals surface area contributed by atoms with Crippen molar-refractivity contribution in [1.29, 1.82) is 0 Å². The summed E-state index contributed by atoms with van der Waals surface area (Å²) in [6, 6.07) is 12.0. The second kappa shape index (κ2) is 10.4. The number of thiazole rings is 1. The van der Waals surface area contributed by atoms with Crippen LogP contribution in [0.4, 0.5) is 5.13 Å². The first-order chi connectivity index (χ1) is 19.4. The molecule has 1 N–H and O–H groups in total. The first kappa shape index (κ1) is 28.0. The van der Waals surface area contributed by atoms with Gasteiger partial charge in [0, 0.05) is 6.20 Å². The van der Waals surface area contributed by atoms with Crippen LogP contribution in [0.1, 0.15) is 64.7 Å². The van der Waals surface area contributed by atoms with Gasteiger partial charge in [-0.1, -0.05) is 75.1 Å². The number of carbonyl (C=O) groups excluding carboxylic acids is 3. The van der Waals surface area contributed by atoms with Crippen molar-refractivity contribution in [2.24, 2.45) is 0 Å². The Kier molecular flexibility index (Phi) is 7.12. The number of aryl methyl sites for hydroxylation is 2. The molecule has 10 heteroatoms. The van der Waals surface area contributed by atoms with Crippen molar-refractivity contribution in [3.05, 3.63) is 100.0 Å². The molecule has 1 saturated heterocycles. The number of amides is 1. The first-order valence-corrected chi connectivity index (χ1v) is 13.9. The highest BCUT2D eigenvalue weighted by Crippen LogP contribution is 2.44. The van der Waals surface area contributed by atoms with Crippen LogP contribution >= 0.6 is 11.3 Å². The first-order valence-electron chi connectivity index (χ1n) is 13.0. The summed E-state index contributed by atoms with van der Waals surface area (Å²) in [5, 5.41) is 11.9. The van der Waals surface area contributed by atoms with E-state index >= 15 is 0 Å². The highest BCUT2D eigenvalue weighted by Gasteiger charge is 2.49. The Hall–Kier alpha value is -4.57. The van der Waals surface area contributed by atoms with Gasteiger partial charge in [-0.2, -0.15) is 0 Å². The summed E-state index contributed by atoms with van der Waals surface area (Å²) in [4.78, 5) is 50.4. The Balaban J connectivity index is 1.72. The van der Waals surface area contributed by atoms with Crippen LogP contribution in [0.2, 0.25) is 0 Å². The minimum Gasteiger partial charge on any atom is -0.505 e. The van der Waals surface area contributed by atoms with Crippen LogP contribution in [0.5, 0.6) is 0 Å². The Labute approximate surface area is 241 Å². The fourth-order valence-electron chi connectivity index (χ4n) is 4.91. The van der Waals surface area contributed by atoms with Gasteiger partial charge in [-0.15, -0.1) is 0 Å². The number of ether oxygens (including phenoxy) is 1. The number of rotatable bonds is 6. The Morgan fingerprint density at radius 3 is 2.46 bits per heavy atom. The SMILES string of the molecule is C=CCOC(=O)c1sc(N2C(=O)C(=O)C(=C(O)c3c(C)nc4ccccn34)C2c2ccc(C(C)(C)C)cc2)nc1C. The van der Waals surface area contributed by atoms with Crippen molar-refractivity contribution in [1.82, 2.24) is 14.4 Å². The molecule has 1 aliphatic heterocycles. The maximum atomic E-state index is 13.7. The minimum atomic E-state index is -1.000. The molecule has 3 aromatic heterocycles. The topological polar surface area (TPSA) is 114 Å². The van der Waals surface area contributed by atoms with E-state index in [0.717, 1.165) is 16.9 Å². The van der Waals surface area contributed by atoms with E-state index in [4.69, 9.17) is 4.74 Å². The molecule has 0 spiro atoms. The quantitative estimate of drug-likeness (QED) is 0.104. The van der Waals surface area contributed by atoms with Gasteiger partial charge in [0.05, 0.1) is 23.0 Å². The Bertz CT molecular complexity index is 1740. The van der Waals surface area contributed by atoms with Gasteiger partial charge in [0.25, 0.3) is 5.78 Å². The molecule has 1 fully saturated rings. The highest BCUT2D eigenvalue weighted by atomic mass is 32.1. The highest BCUT2D eigenvalue weighted by molar-refractivity contribution is 7.17. The third-order valence-electron chi connectivity index (χ3n) is 6.97. The van der Waals surface area contributed by atoms with Crippen LogP contribution in [-0.4, -0.2) is 43.7 Å². The monoisotopic (exact) mass is 570 g/mol. The molecule has 1 amide bonds. The zero-order valence-electron chi connectivity index (χ0n) is 23.5. The van der Waals surface area contributed by atoms with E-state index in [2.05, 4.69) is 37.3 Å². The summed E-state index contributed by atoms with van der Waals surface area (Å²) >= 11 is 0.955. The van der Waals surface area contributed by atoms with Gasteiger partial charge in [-0.25, -0.2) is 14.8 Å². The standard InChI is InChI=1S/C31H30N4O5S/c1-7-16-40-29(39)27-18(3)33-30(41-27)35-24(19-11-13-20(14-12-19)31(4,5)6)22(26(37)28(35)38)25(36)23-17(2)32-21-10-8-9-15-34(21)23/h7-15,24,36H,1,16H2,2-6H3. The Morgan fingerprint density at radius 1 is 1.10 bits per heavy atom. The van der Waals surface area contributed by atoms with Crippen molar-refractivity contribution in [3.8, 4) is 0 Å². The lowest BCUT2D eigenvalue weighted by Gasteiger charge is -2.24. The van der Waals surface area contributed by atoms with Crippen LogP contribution in [0.15, 0.2) is 66.9 Å². The summed E-state index contributed by atoms with van der Waals surface area (Å²) < 4.78 is 6.86. The van der Waals surface area contributed by atoms with Gasteiger partial charge in [-0.3, -0.25) is 18.9 Å².